The van der Waals surface area contributed by atoms with Gasteiger partial charge in [0.25, 0.3) is 0 Å². The quantitative estimate of drug-likeness (QED) is 0.649. The number of hydrogen-bond donors (Lipinski definition) is 1. The lowest BCUT2D eigenvalue weighted by Gasteiger charge is -2.09. The molecule has 0 atom stereocenters. The van der Waals surface area contributed by atoms with Crippen LogP contribution >= 0.6 is 11.6 Å². The van der Waals surface area contributed by atoms with Crippen molar-refractivity contribution < 1.29 is 0 Å². The first-order valence-electron chi connectivity index (χ1n) is 6.17. The number of aryl methyl sites for hydroxylation is 1. The normalized spacial score (nSPS) is 14.8. The van der Waals surface area contributed by atoms with Gasteiger partial charge in [-0.05, 0) is 60.7 Å². The summed E-state index contributed by atoms with van der Waals surface area (Å²) >= 11 is 6.12. The van der Waals surface area contributed by atoms with E-state index >= 15 is 0 Å². The van der Waals surface area contributed by atoms with Crippen molar-refractivity contribution in [2.75, 3.05) is 5.73 Å². The Balaban J connectivity index is 2.12. The molecule has 2 nitrogen and oxygen atoms in total. The van der Waals surface area contributed by atoms with Crippen molar-refractivity contribution in [1.82, 2.24) is 4.98 Å². The van der Waals surface area contributed by atoms with E-state index in [1.165, 1.54) is 18.4 Å². The lowest BCUT2D eigenvalue weighted by atomic mass is 9.99. The Kier molecular flexibility index (Phi) is 2.75. The molecule has 0 spiro atoms. The third-order valence-corrected chi connectivity index (χ3v) is 3.58. The molecule has 18 heavy (non-hydrogen) atoms. The van der Waals surface area contributed by atoms with Crippen LogP contribution in [0.15, 0.2) is 30.3 Å². The van der Waals surface area contributed by atoms with Gasteiger partial charge in [-0.3, -0.25) is 0 Å². The number of aromatic nitrogens is 1. The number of nitrogen functional groups attached to an aromatic ring is 1. The molecule has 1 saturated carbocycles. The highest BCUT2D eigenvalue weighted by Gasteiger charge is 2.25. The maximum absolute atomic E-state index is 6.12. The van der Waals surface area contributed by atoms with Crippen molar-refractivity contribution in [2.24, 2.45) is 0 Å². The van der Waals surface area contributed by atoms with E-state index in [2.05, 4.69) is 18.0 Å². The zero-order valence-corrected chi connectivity index (χ0v) is 11.0. The minimum Gasteiger partial charge on any atom is -0.399 e. The fourth-order valence-electron chi connectivity index (χ4n) is 2.21. The first-order valence-corrected chi connectivity index (χ1v) is 6.55. The van der Waals surface area contributed by atoms with Crippen LogP contribution in [0, 0.1) is 6.92 Å². The molecule has 92 valence electrons. The largest absolute Gasteiger partial charge is 0.399 e. The van der Waals surface area contributed by atoms with Crippen molar-refractivity contribution >= 4 is 17.3 Å². The summed E-state index contributed by atoms with van der Waals surface area (Å²) in [7, 11) is 0. The molecule has 1 aliphatic rings. The highest BCUT2D eigenvalue weighted by atomic mass is 35.5. The van der Waals surface area contributed by atoms with Crippen LogP contribution in [0.2, 0.25) is 5.15 Å². The van der Waals surface area contributed by atoms with E-state index in [1.807, 2.05) is 24.3 Å². The Labute approximate surface area is 112 Å². The Morgan fingerprint density at radius 1 is 1.22 bits per heavy atom. The predicted molar refractivity (Wildman–Crippen MR) is 75.8 cm³/mol. The summed E-state index contributed by atoms with van der Waals surface area (Å²) in [4.78, 5) is 4.41. The molecular formula is C15H15ClN2. The monoisotopic (exact) mass is 258 g/mol. The minimum atomic E-state index is 0.566. The van der Waals surface area contributed by atoms with E-state index in [9.17, 15) is 0 Å². The number of nitrogens with two attached hydrogens (primary N) is 1. The van der Waals surface area contributed by atoms with Gasteiger partial charge in [-0.2, -0.15) is 0 Å². The summed E-state index contributed by atoms with van der Waals surface area (Å²) in [5, 5.41) is 0.566. The molecule has 1 aromatic carbocycles. The van der Waals surface area contributed by atoms with E-state index in [0.29, 0.717) is 11.1 Å². The van der Waals surface area contributed by atoms with Gasteiger partial charge in [0.15, 0.2) is 0 Å². The molecule has 1 heterocycles. The fourth-order valence-corrected chi connectivity index (χ4v) is 2.43. The van der Waals surface area contributed by atoms with Crippen molar-refractivity contribution in [2.45, 2.75) is 25.7 Å². The average Bonchev–Trinajstić information content (AvgIpc) is 3.15. The number of hydrogen-bond acceptors (Lipinski definition) is 2. The Bertz CT molecular complexity index is 603. The van der Waals surface area contributed by atoms with Crippen LogP contribution < -0.4 is 5.73 Å². The molecule has 0 radical (unpaired) electrons. The second-order valence-corrected chi connectivity index (χ2v) is 5.34. The molecule has 1 aliphatic carbocycles. The van der Waals surface area contributed by atoms with Crippen LogP contribution in [0.3, 0.4) is 0 Å². The second-order valence-electron chi connectivity index (χ2n) is 4.95. The van der Waals surface area contributed by atoms with Crippen LogP contribution in [-0.4, -0.2) is 4.98 Å². The van der Waals surface area contributed by atoms with Gasteiger partial charge in [0.1, 0.15) is 5.15 Å². The summed E-state index contributed by atoms with van der Waals surface area (Å²) in [6.45, 7) is 2.08. The molecule has 3 rings (SSSR count). The van der Waals surface area contributed by atoms with Gasteiger partial charge in [0.2, 0.25) is 0 Å². The lowest BCUT2D eigenvalue weighted by Crippen LogP contribution is -1.92. The van der Waals surface area contributed by atoms with Crippen LogP contribution in [-0.2, 0) is 0 Å². The number of rotatable bonds is 2. The van der Waals surface area contributed by atoms with E-state index < -0.39 is 0 Å². The molecule has 0 aliphatic heterocycles. The van der Waals surface area contributed by atoms with Crippen LogP contribution in [0.4, 0.5) is 5.69 Å². The van der Waals surface area contributed by atoms with Gasteiger partial charge in [0, 0.05) is 17.3 Å². The average molecular weight is 259 g/mol. The summed E-state index contributed by atoms with van der Waals surface area (Å²) in [6, 6.07) is 10.0. The first kappa shape index (κ1) is 11.5. The van der Waals surface area contributed by atoms with Gasteiger partial charge in [-0.15, -0.1) is 0 Å². The Morgan fingerprint density at radius 2 is 2.00 bits per heavy atom. The fraction of sp³-hybridized carbons (Fsp3) is 0.267. The smallest absolute Gasteiger partial charge is 0.129 e. The van der Waals surface area contributed by atoms with Crippen LogP contribution in [0.5, 0.6) is 0 Å². The van der Waals surface area contributed by atoms with Crippen molar-refractivity contribution in [1.29, 1.82) is 0 Å². The van der Waals surface area contributed by atoms with E-state index in [0.717, 1.165) is 22.5 Å². The van der Waals surface area contributed by atoms with Crippen molar-refractivity contribution in [3.8, 4) is 11.1 Å². The number of halogens is 1. The third-order valence-electron chi connectivity index (χ3n) is 3.38. The maximum atomic E-state index is 6.12. The van der Waals surface area contributed by atoms with Crippen LogP contribution in [0.25, 0.3) is 11.1 Å². The molecular weight excluding hydrogens is 244 g/mol. The molecule has 0 saturated heterocycles. The highest BCUT2D eigenvalue weighted by Crippen LogP contribution is 2.41. The second kappa shape index (κ2) is 4.29. The van der Waals surface area contributed by atoms with Crippen LogP contribution in [0.1, 0.15) is 30.0 Å². The molecule has 0 amide bonds. The number of anilines is 1. The maximum Gasteiger partial charge on any atom is 0.129 e. The van der Waals surface area contributed by atoms with Gasteiger partial charge in [-0.25, -0.2) is 4.98 Å². The molecule has 0 unspecified atom stereocenters. The van der Waals surface area contributed by atoms with Crippen molar-refractivity contribution in [3.05, 3.63) is 46.7 Å². The van der Waals surface area contributed by atoms with Gasteiger partial charge in [0.05, 0.1) is 0 Å². The predicted octanol–water partition coefficient (Wildman–Crippen LogP) is 4.17. The summed E-state index contributed by atoms with van der Waals surface area (Å²) < 4.78 is 0. The number of nitrogens with zero attached hydrogens (tertiary/aromatic N) is 1. The summed E-state index contributed by atoms with van der Waals surface area (Å²) in [5.74, 6) is 0.601. The Morgan fingerprint density at radius 3 is 2.72 bits per heavy atom. The van der Waals surface area contributed by atoms with Crippen molar-refractivity contribution in [3.63, 3.8) is 0 Å². The first-order chi connectivity index (χ1) is 8.63. The van der Waals surface area contributed by atoms with Gasteiger partial charge < -0.3 is 5.73 Å². The molecule has 3 heteroatoms. The van der Waals surface area contributed by atoms with Gasteiger partial charge >= 0.3 is 0 Å². The molecule has 0 bridgehead atoms. The molecule has 1 aromatic heterocycles. The summed E-state index contributed by atoms with van der Waals surface area (Å²) in [5.41, 5.74) is 11.2. The topological polar surface area (TPSA) is 38.9 Å². The van der Waals surface area contributed by atoms with E-state index in [-0.39, 0.29) is 0 Å². The SMILES string of the molecule is Cc1ccc(N)cc1-c1cc(Cl)nc(C2CC2)c1. The zero-order valence-electron chi connectivity index (χ0n) is 10.3. The molecule has 2 aromatic rings. The number of pyridine rings is 1. The summed E-state index contributed by atoms with van der Waals surface area (Å²) in [6.07, 6.45) is 2.45. The van der Waals surface area contributed by atoms with E-state index in [4.69, 9.17) is 17.3 Å². The highest BCUT2D eigenvalue weighted by molar-refractivity contribution is 6.29. The third kappa shape index (κ3) is 2.21. The Hall–Kier alpha value is -1.54. The number of benzene rings is 1. The molecule has 2 N–H and O–H groups in total. The van der Waals surface area contributed by atoms with Gasteiger partial charge in [-0.1, -0.05) is 17.7 Å². The lowest BCUT2D eigenvalue weighted by molar-refractivity contribution is 1.02. The minimum absolute atomic E-state index is 0.566. The zero-order chi connectivity index (χ0) is 12.7. The standard InChI is InChI=1S/C15H15ClN2/c1-9-2-5-12(17)8-13(9)11-6-14(10-3-4-10)18-15(16)7-11/h2,5-8,10H,3-4,17H2,1H3. The molecule has 1 fully saturated rings. The van der Waals surface area contributed by atoms with E-state index in [1.54, 1.807) is 0 Å².